The van der Waals surface area contributed by atoms with Crippen LogP contribution in [0.3, 0.4) is 0 Å². The zero-order chi connectivity index (χ0) is 19.6. The van der Waals surface area contributed by atoms with Crippen molar-refractivity contribution in [2.24, 2.45) is 11.8 Å². The second kappa shape index (κ2) is 8.78. The first kappa shape index (κ1) is 21.0. The summed E-state index contributed by atoms with van der Waals surface area (Å²) in [4.78, 5) is 14.5. The van der Waals surface area contributed by atoms with E-state index < -0.39 is 10.0 Å². The van der Waals surface area contributed by atoms with E-state index in [1.54, 1.807) is 12.1 Å². The van der Waals surface area contributed by atoms with Gasteiger partial charge >= 0.3 is 0 Å². The Hall–Kier alpha value is -0.670. The maximum absolute atomic E-state index is 12.6. The van der Waals surface area contributed by atoms with Crippen LogP contribution in [0.15, 0.2) is 16.3 Å². The van der Waals surface area contributed by atoms with Crippen molar-refractivity contribution in [3.63, 3.8) is 0 Å². The number of nitrogens with zero attached hydrogens (tertiary/aromatic N) is 2. The molecule has 0 spiro atoms. The lowest BCUT2D eigenvalue weighted by Crippen LogP contribution is -2.52. The van der Waals surface area contributed by atoms with Crippen molar-refractivity contribution < 1.29 is 13.2 Å². The minimum atomic E-state index is -3.49. The molecule has 0 radical (unpaired) electrons. The molecular formula is C18H28ClN3O3S2. The summed E-state index contributed by atoms with van der Waals surface area (Å²) in [6, 6.07) is 3.41. The Morgan fingerprint density at radius 2 is 1.93 bits per heavy atom. The van der Waals surface area contributed by atoms with Gasteiger partial charge in [-0.25, -0.2) is 8.42 Å². The van der Waals surface area contributed by atoms with Crippen LogP contribution in [0.2, 0.25) is 4.34 Å². The third-order valence-corrected chi connectivity index (χ3v) is 9.49. The lowest BCUT2D eigenvalue weighted by molar-refractivity contribution is -0.124. The van der Waals surface area contributed by atoms with E-state index in [-0.39, 0.29) is 16.2 Å². The van der Waals surface area contributed by atoms with E-state index in [4.69, 9.17) is 11.6 Å². The van der Waals surface area contributed by atoms with Crippen LogP contribution >= 0.6 is 22.9 Å². The highest BCUT2D eigenvalue weighted by atomic mass is 35.5. The first-order chi connectivity index (χ1) is 12.8. The number of thiophene rings is 1. The lowest BCUT2D eigenvalue weighted by atomic mass is 9.78. The van der Waals surface area contributed by atoms with E-state index >= 15 is 0 Å². The molecule has 2 heterocycles. The van der Waals surface area contributed by atoms with Crippen molar-refractivity contribution in [3.8, 4) is 0 Å². The summed E-state index contributed by atoms with van der Waals surface area (Å²) >= 11 is 6.95. The first-order valence-corrected chi connectivity index (χ1v) is 12.2. The van der Waals surface area contributed by atoms with E-state index in [9.17, 15) is 13.2 Å². The smallest absolute Gasteiger partial charge is 0.252 e. The second-order valence-electron chi connectivity index (χ2n) is 7.68. The molecular weight excluding hydrogens is 406 g/mol. The van der Waals surface area contributed by atoms with Crippen LogP contribution in [-0.2, 0) is 14.8 Å². The van der Waals surface area contributed by atoms with Gasteiger partial charge in [-0.15, -0.1) is 11.3 Å². The van der Waals surface area contributed by atoms with Crippen molar-refractivity contribution in [2.75, 3.05) is 32.7 Å². The molecule has 6 nitrogen and oxygen atoms in total. The zero-order valence-electron chi connectivity index (χ0n) is 15.9. The molecule has 27 heavy (non-hydrogen) atoms. The van der Waals surface area contributed by atoms with Crippen LogP contribution in [0.25, 0.3) is 0 Å². The van der Waals surface area contributed by atoms with E-state index in [0.717, 1.165) is 17.8 Å². The molecule has 1 aliphatic carbocycles. The largest absolute Gasteiger partial charge is 0.352 e. The van der Waals surface area contributed by atoms with Crippen LogP contribution in [0.4, 0.5) is 0 Å². The number of halogens is 1. The summed E-state index contributed by atoms with van der Waals surface area (Å²) in [5, 5.41) is 3.19. The van der Waals surface area contributed by atoms with Gasteiger partial charge < -0.3 is 5.32 Å². The molecule has 1 saturated heterocycles. The highest BCUT2D eigenvalue weighted by Gasteiger charge is 2.31. The summed E-state index contributed by atoms with van der Waals surface area (Å²) in [6.07, 6.45) is 3.45. The molecule has 1 amide bonds. The number of nitrogens with one attached hydrogen (secondary N) is 1. The molecule has 9 heteroatoms. The Kier molecular flexibility index (Phi) is 6.84. The zero-order valence-corrected chi connectivity index (χ0v) is 18.2. The Labute approximate surface area is 170 Å². The number of piperazine rings is 1. The van der Waals surface area contributed by atoms with Gasteiger partial charge in [-0.2, -0.15) is 4.31 Å². The molecule has 1 aromatic heterocycles. The number of carbonyl (C=O) groups is 1. The molecule has 0 bridgehead atoms. The third-order valence-electron chi connectivity index (χ3n) is 5.89. The molecule has 1 aliphatic heterocycles. The van der Waals surface area contributed by atoms with E-state index in [0.29, 0.717) is 48.9 Å². The lowest BCUT2D eigenvalue weighted by Gasteiger charge is -2.36. The molecule has 2 fully saturated rings. The molecule has 152 valence electrons. The Morgan fingerprint density at radius 1 is 1.22 bits per heavy atom. The molecule has 3 atom stereocenters. The minimum absolute atomic E-state index is 0.0438. The summed E-state index contributed by atoms with van der Waals surface area (Å²) in [6.45, 7) is 6.70. The Morgan fingerprint density at radius 3 is 2.56 bits per heavy atom. The number of rotatable bonds is 5. The summed E-state index contributed by atoms with van der Waals surface area (Å²) in [7, 11) is -3.49. The first-order valence-electron chi connectivity index (χ1n) is 9.54. The molecule has 1 saturated carbocycles. The average molecular weight is 434 g/mol. The van der Waals surface area contributed by atoms with Crippen LogP contribution in [-0.4, -0.2) is 62.3 Å². The fraction of sp³-hybridized carbons (Fsp3) is 0.722. The molecule has 2 aliphatic rings. The van der Waals surface area contributed by atoms with Crippen molar-refractivity contribution in [2.45, 2.75) is 43.4 Å². The maximum atomic E-state index is 12.6. The van der Waals surface area contributed by atoms with Crippen LogP contribution in [0.5, 0.6) is 0 Å². The van der Waals surface area contributed by atoms with Gasteiger partial charge in [-0.05, 0) is 30.4 Å². The molecule has 3 rings (SSSR count). The van der Waals surface area contributed by atoms with Gasteiger partial charge in [-0.1, -0.05) is 38.3 Å². The van der Waals surface area contributed by atoms with E-state index in [1.807, 2.05) is 4.90 Å². The monoisotopic (exact) mass is 433 g/mol. The fourth-order valence-corrected chi connectivity index (χ4v) is 6.99. The Bertz CT molecular complexity index is 760. The van der Waals surface area contributed by atoms with Crippen LogP contribution in [0, 0.1) is 11.8 Å². The quantitative estimate of drug-likeness (QED) is 0.774. The normalized spacial score (nSPS) is 28.2. The van der Waals surface area contributed by atoms with Gasteiger partial charge in [0.15, 0.2) is 0 Å². The van der Waals surface area contributed by atoms with Gasteiger partial charge in [0.2, 0.25) is 5.91 Å². The maximum Gasteiger partial charge on any atom is 0.252 e. The van der Waals surface area contributed by atoms with Crippen molar-refractivity contribution in [3.05, 3.63) is 16.5 Å². The fourth-order valence-electron chi connectivity index (χ4n) is 3.93. The van der Waals surface area contributed by atoms with Gasteiger partial charge in [-0.3, -0.25) is 9.69 Å². The number of carbonyl (C=O) groups excluding carboxylic acids is 1. The highest BCUT2D eigenvalue weighted by Crippen LogP contribution is 2.30. The standard InChI is InChI=1S/C18H28ClN3O3S2/c1-13-4-3-5-15(14(13)2)20-17(23)12-21-8-10-22(11-9-21)27(24,25)18-7-6-16(19)26-18/h6-7,13-15H,3-5,8-12H2,1-2H3,(H,20,23)/t13-,14-,15+/m1/s1. The van der Waals surface area contributed by atoms with Gasteiger partial charge in [0.25, 0.3) is 10.0 Å². The van der Waals surface area contributed by atoms with Crippen LogP contribution in [0.1, 0.15) is 33.1 Å². The minimum Gasteiger partial charge on any atom is -0.352 e. The second-order valence-corrected chi connectivity index (χ2v) is 11.6. The number of amides is 1. The van der Waals surface area contributed by atoms with Crippen LogP contribution < -0.4 is 5.32 Å². The van der Waals surface area contributed by atoms with Gasteiger partial charge in [0, 0.05) is 32.2 Å². The van der Waals surface area contributed by atoms with Crippen molar-refractivity contribution >= 4 is 38.9 Å². The Balaban J connectivity index is 1.48. The average Bonchev–Trinajstić information content (AvgIpc) is 3.07. The molecule has 0 unspecified atom stereocenters. The highest BCUT2D eigenvalue weighted by molar-refractivity contribution is 7.91. The molecule has 1 N–H and O–H groups in total. The van der Waals surface area contributed by atoms with E-state index in [1.165, 1.54) is 17.1 Å². The van der Waals surface area contributed by atoms with Crippen molar-refractivity contribution in [1.82, 2.24) is 14.5 Å². The molecule has 1 aromatic rings. The number of hydrogen-bond acceptors (Lipinski definition) is 5. The predicted molar refractivity (Wildman–Crippen MR) is 109 cm³/mol. The summed E-state index contributed by atoms with van der Waals surface area (Å²) < 4.78 is 27.5. The van der Waals surface area contributed by atoms with Gasteiger partial charge in [0.05, 0.1) is 10.9 Å². The summed E-state index contributed by atoms with van der Waals surface area (Å²) in [5.74, 6) is 1.19. The SMILES string of the molecule is C[C@@H]1[C@H](C)CCC[C@@H]1NC(=O)CN1CCN(S(=O)(=O)c2ccc(Cl)s2)CC1. The molecule has 0 aromatic carbocycles. The predicted octanol–water partition coefficient (Wildman–Crippen LogP) is 2.65. The number of hydrogen-bond donors (Lipinski definition) is 1. The van der Waals surface area contributed by atoms with Crippen molar-refractivity contribution in [1.29, 1.82) is 0 Å². The number of sulfonamides is 1. The van der Waals surface area contributed by atoms with E-state index in [2.05, 4.69) is 19.2 Å². The van der Waals surface area contributed by atoms with Gasteiger partial charge in [0.1, 0.15) is 4.21 Å². The third kappa shape index (κ3) is 5.03. The summed E-state index contributed by atoms with van der Waals surface area (Å²) in [5.41, 5.74) is 0. The topological polar surface area (TPSA) is 69.7 Å².